The van der Waals surface area contributed by atoms with Crippen molar-refractivity contribution in [3.8, 4) is 0 Å². The molecule has 0 radical (unpaired) electrons. The Bertz CT molecular complexity index is 584. The van der Waals surface area contributed by atoms with Crippen LogP contribution in [-0.4, -0.2) is 5.91 Å². The van der Waals surface area contributed by atoms with Gasteiger partial charge in [0.2, 0.25) is 0 Å². The van der Waals surface area contributed by atoms with E-state index in [0.29, 0.717) is 5.56 Å². The topological polar surface area (TPSA) is 29.1 Å². The fraction of sp³-hybridized carbons (Fsp3) is 0. The molecule has 0 atom stereocenters. The van der Waals surface area contributed by atoms with Crippen LogP contribution in [0.25, 0.3) is 0 Å². The Balaban J connectivity index is 2.21. The number of nitrogens with one attached hydrogen (secondary N) is 1. The normalized spacial score (nSPS) is 10.2. The van der Waals surface area contributed by atoms with Gasteiger partial charge in [0.1, 0.15) is 11.6 Å². The molecule has 1 amide bonds. The summed E-state index contributed by atoms with van der Waals surface area (Å²) in [5, 5.41) is 2.33. The Labute approximate surface area is 116 Å². The molecule has 1 N–H and O–H groups in total. The number of benzene rings is 2. The van der Waals surface area contributed by atoms with Crippen molar-refractivity contribution < 1.29 is 13.6 Å². The summed E-state index contributed by atoms with van der Waals surface area (Å²) in [5.41, 5.74) is 0.220. The Morgan fingerprint density at radius 3 is 2.39 bits per heavy atom. The molecule has 0 saturated heterocycles. The summed E-state index contributed by atoms with van der Waals surface area (Å²) in [7, 11) is 0. The largest absolute Gasteiger partial charge is 0.319 e. The molecular weight excluding hydrogens is 351 g/mol. The van der Waals surface area contributed by atoms with Gasteiger partial charge in [0, 0.05) is 15.2 Å². The number of hydrogen-bond donors (Lipinski definition) is 1. The van der Waals surface area contributed by atoms with E-state index in [-0.39, 0.29) is 5.69 Å². The molecule has 5 heteroatoms. The zero-order chi connectivity index (χ0) is 13.1. The maximum atomic E-state index is 13.3. The molecule has 0 aromatic heterocycles. The van der Waals surface area contributed by atoms with Gasteiger partial charge in [-0.05, 0) is 59.0 Å². The third-order valence-electron chi connectivity index (χ3n) is 2.28. The van der Waals surface area contributed by atoms with Crippen molar-refractivity contribution in [2.45, 2.75) is 0 Å². The van der Waals surface area contributed by atoms with Crippen LogP contribution >= 0.6 is 22.6 Å². The quantitative estimate of drug-likeness (QED) is 0.812. The highest BCUT2D eigenvalue weighted by Crippen LogP contribution is 2.16. The first kappa shape index (κ1) is 12.9. The first-order valence-electron chi connectivity index (χ1n) is 5.08. The monoisotopic (exact) mass is 359 g/mol. The van der Waals surface area contributed by atoms with Crippen molar-refractivity contribution in [1.82, 2.24) is 0 Å². The summed E-state index contributed by atoms with van der Waals surface area (Å²) in [6.07, 6.45) is 0. The summed E-state index contributed by atoms with van der Waals surface area (Å²) in [4.78, 5) is 11.8. The second kappa shape index (κ2) is 5.43. The third-order valence-corrected chi connectivity index (χ3v) is 3.00. The lowest BCUT2D eigenvalue weighted by atomic mass is 10.2. The van der Waals surface area contributed by atoms with Crippen LogP contribution in [0.3, 0.4) is 0 Å². The molecule has 0 aliphatic carbocycles. The minimum Gasteiger partial charge on any atom is -0.319 e. The van der Waals surface area contributed by atoms with E-state index in [1.165, 1.54) is 0 Å². The van der Waals surface area contributed by atoms with Crippen LogP contribution < -0.4 is 5.32 Å². The van der Waals surface area contributed by atoms with Gasteiger partial charge in [0.25, 0.3) is 5.91 Å². The molecule has 0 aliphatic rings. The van der Waals surface area contributed by atoms with Crippen LogP contribution in [0, 0.1) is 15.2 Å². The summed E-state index contributed by atoms with van der Waals surface area (Å²) < 4.78 is 27.2. The molecule has 2 aromatic carbocycles. The van der Waals surface area contributed by atoms with E-state index in [2.05, 4.69) is 27.9 Å². The molecule has 2 aromatic rings. The van der Waals surface area contributed by atoms with Crippen molar-refractivity contribution in [2.24, 2.45) is 0 Å². The third kappa shape index (κ3) is 3.04. The minimum atomic E-state index is -0.671. The van der Waals surface area contributed by atoms with Crippen LogP contribution in [0.2, 0.25) is 0 Å². The van der Waals surface area contributed by atoms with E-state index >= 15 is 0 Å². The highest BCUT2D eigenvalue weighted by atomic mass is 127. The molecule has 0 unspecified atom stereocenters. The Morgan fingerprint density at radius 2 is 1.72 bits per heavy atom. The molecule has 0 heterocycles. The summed E-state index contributed by atoms with van der Waals surface area (Å²) in [5.74, 6) is -1.75. The average molecular weight is 359 g/mol. The molecule has 92 valence electrons. The molecule has 0 aliphatic heterocycles. The maximum absolute atomic E-state index is 13.3. The fourth-order valence-corrected chi connectivity index (χ4v) is 1.75. The first-order chi connectivity index (χ1) is 8.56. The lowest BCUT2D eigenvalue weighted by Gasteiger charge is -2.06. The molecule has 0 bridgehead atoms. The summed E-state index contributed by atoms with van der Waals surface area (Å²) in [6, 6.07) is 9.67. The van der Waals surface area contributed by atoms with Gasteiger partial charge in [-0.25, -0.2) is 8.78 Å². The van der Waals surface area contributed by atoms with Crippen molar-refractivity contribution in [3.63, 3.8) is 0 Å². The Morgan fingerprint density at radius 1 is 1.06 bits per heavy atom. The van der Waals surface area contributed by atoms with E-state index in [9.17, 15) is 13.6 Å². The van der Waals surface area contributed by atoms with Crippen molar-refractivity contribution >= 4 is 34.2 Å². The van der Waals surface area contributed by atoms with Gasteiger partial charge < -0.3 is 5.32 Å². The standard InChI is InChI=1S/C13H8F2INO/c14-9-3-6-11(15)12(7-9)17-13(18)8-1-4-10(16)5-2-8/h1-7H,(H,17,18). The Hall–Kier alpha value is -1.50. The van der Waals surface area contributed by atoms with E-state index in [4.69, 9.17) is 0 Å². The number of hydrogen-bond acceptors (Lipinski definition) is 1. The average Bonchev–Trinajstić information content (AvgIpc) is 2.34. The van der Waals surface area contributed by atoms with E-state index < -0.39 is 17.5 Å². The SMILES string of the molecule is O=C(Nc1cc(F)ccc1F)c1ccc(I)cc1. The number of amides is 1. The van der Waals surface area contributed by atoms with Gasteiger partial charge in [-0.15, -0.1) is 0 Å². The van der Waals surface area contributed by atoms with Gasteiger partial charge in [0.05, 0.1) is 5.69 Å². The first-order valence-corrected chi connectivity index (χ1v) is 6.16. The molecule has 0 spiro atoms. The number of carbonyl (C=O) groups excluding carboxylic acids is 1. The van der Waals surface area contributed by atoms with Gasteiger partial charge in [-0.2, -0.15) is 0 Å². The molecule has 2 nitrogen and oxygen atoms in total. The Kier molecular flexibility index (Phi) is 3.90. The van der Waals surface area contributed by atoms with Crippen LogP contribution in [0.5, 0.6) is 0 Å². The number of anilines is 1. The van der Waals surface area contributed by atoms with Gasteiger partial charge in [-0.1, -0.05) is 0 Å². The minimum absolute atomic E-state index is 0.168. The lowest BCUT2D eigenvalue weighted by molar-refractivity contribution is 0.102. The second-order valence-electron chi connectivity index (χ2n) is 3.59. The summed E-state index contributed by atoms with van der Waals surface area (Å²) >= 11 is 2.11. The molecule has 0 saturated carbocycles. The van der Waals surface area contributed by atoms with Crippen LogP contribution in [0.15, 0.2) is 42.5 Å². The van der Waals surface area contributed by atoms with Crippen molar-refractivity contribution in [3.05, 3.63) is 63.2 Å². The second-order valence-corrected chi connectivity index (χ2v) is 4.83. The number of carbonyl (C=O) groups is 1. The zero-order valence-corrected chi connectivity index (χ0v) is 11.2. The van der Waals surface area contributed by atoms with Crippen LogP contribution in [0.1, 0.15) is 10.4 Å². The maximum Gasteiger partial charge on any atom is 0.255 e. The van der Waals surface area contributed by atoms with E-state index in [0.717, 1.165) is 21.8 Å². The predicted molar refractivity (Wildman–Crippen MR) is 73.5 cm³/mol. The molecule has 18 heavy (non-hydrogen) atoms. The van der Waals surface area contributed by atoms with Crippen LogP contribution in [-0.2, 0) is 0 Å². The number of rotatable bonds is 2. The number of halogens is 3. The van der Waals surface area contributed by atoms with Gasteiger partial charge in [-0.3, -0.25) is 4.79 Å². The molecular formula is C13H8F2INO. The van der Waals surface area contributed by atoms with Crippen molar-refractivity contribution in [2.75, 3.05) is 5.32 Å². The highest BCUT2D eigenvalue weighted by molar-refractivity contribution is 14.1. The smallest absolute Gasteiger partial charge is 0.255 e. The molecule has 0 fully saturated rings. The summed E-state index contributed by atoms with van der Waals surface area (Å²) in [6.45, 7) is 0. The fourth-order valence-electron chi connectivity index (χ4n) is 1.39. The van der Waals surface area contributed by atoms with E-state index in [1.54, 1.807) is 24.3 Å². The molecule has 2 rings (SSSR count). The lowest BCUT2D eigenvalue weighted by Crippen LogP contribution is -2.13. The highest BCUT2D eigenvalue weighted by Gasteiger charge is 2.09. The van der Waals surface area contributed by atoms with E-state index in [1.807, 2.05) is 0 Å². The zero-order valence-electron chi connectivity index (χ0n) is 9.08. The predicted octanol–water partition coefficient (Wildman–Crippen LogP) is 3.82. The van der Waals surface area contributed by atoms with Crippen LogP contribution in [0.4, 0.5) is 14.5 Å². The van der Waals surface area contributed by atoms with Gasteiger partial charge >= 0.3 is 0 Å². The van der Waals surface area contributed by atoms with Crippen molar-refractivity contribution in [1.29, 1.82) is 0 Å². The van der Waals surface area contributed by atoms with Gasteiger partial charge in [0.15, 0.2) is 0 Å².